The minimum absolute atomic E-state index is 0.195. The molecule has 4 nitrogen and oxygen atoms in total. The Morgan fingerprint density at radius 2 is 1.85 bits per heavy atom. The molecule has 0 aliphatic carbocycles. The molecule has 0 bridgehead atoms. The van der Waals surface area contributed by atoms with Gasteiger partial charge in [0, 0.05) is 12.3 Å². The number of aryl methyl sites for hydroxylation is 1. The van der Waals surface area contributed by atoms with Crippen LogP contribution < -0.4 is 4.74 Å². The van der Waals surface area contributed by atoms with Crippen LogP contribution in [-0.4, -0.2) is 14.8 Å². The van der Waals surface area contributed by atoms with Gasteiger partial charge in [0.1, 0.15) is 11.6 Å². The Morgan fingerprint density at radius 1 is 1.12 bits per heavy atom. The first-order valence-electron chi connectivity index (χ1n) is 8.61. The molecule has 1 heterocycles. The first-order chi connectivity index (χ1) is 12.6. The Morgan fingerprint density at radius 3 is 2.58 bits per heavy atom. The molecule has 0 fully saturated rings. The third-order valence-corrected chi connectivity index (χ3v) is 5.15. The molecule has 0 aliphatic heterocycles. The van der Waals surface area contributed by atoms with Crippen molar-refractivity contribution in [1.82, 2.24) is 14.8 Å². The maximum atomic E-state index is 13.8. The first-order valence-corrected chi connectivity index (χ1v) is 9.60. The smallest absolute Gasteiger partial charge is 0.191 e. The summed E-state index contributed by atoms with van der Waals surface area (Å²) >= 11 is 1.48. The summed E-state index contributed by atoms with van der Waals surface area (Å²) in [6, 6.07) is 14.7. The number of thioether (sulfide) groups is 1. The molecule has 1 atom stereocenters. The zero-order valence-corrected chi connectivity index (χ0v) is 16.0. The number of ether oxygens (including phenoxy) is 1. The van der Waals surface area contributed by atoms with E-state index in [0.717, 1.165) is 28.8 Å². The monoisotopic (exact) mass is 371 g/mol. The van der Waals surface area contributed by atoms with Crippen molar-refractivity contribution in [3.05, 3.63) is 71.3 Å². The fourth-order valence-electron chi connectivity index (χ4n) is 2.69. The quantitative estimate of drug-likeness (QED) is 0.537. The maximum Gasteiger partial charge on any atom is 0.191 e. The first kappa shape index (κ1) is 18.5. The van der Waals surface area contributed by atoms with Crippen LogP contribution in [0.1, 0.15) is 36.9 Å². The second kappa shape index (κ2) is 8.36. The van der Waals surface area contributed by atoms with Gasteiger partial charge in [-0.25, -0.2) is 4.39 Å². The van der Waals surface area contributed by atoms with Gasteiger partial charge in [0.05, 0.1) is 0 Å². The zero-order valence-electron chi connectivity index (χ0n) is 15.1. The molecule has 26 heavy (non-hydrogen) atoms. The lowest BCUT2D eigenvalue weighted by Gasteiger charge is -2.17. The van der Waals surface area contributed by atoms with Crippen molar-refractivity contribution in [2.75, 3.05) is 0 Å². The molecule has 0 radical (unpaired) electrons. The summed E-state index contributed by atoms with van der Waals surface area (Å²) in [4.78, 5) is 0. The predicted octanol–water partition coefficient (Wildman–Crippen LogP) is 5.18. The van der Waals surface area contributed by atoms with Gasteiger partial charge in [0.2, 0.25) is 0 Å². The van der Waals surface area contributed by atoms with E-state index in [1.165, 1.54) is 17.8 Å². The molecular weight excluding hydrogens is 349 g/mol. The average molecular weight is 371 g/mol. The average Bonchev–Trinajstić information content (AvgIpc) is 3.06. The van der Waals surface area contributed by atoms with Crippen LogP contribution >= 0.6 is 11.8 Å². The van der Waals surface area contributed by atoms with Gasteiger partial charge in [0.15, 0.2) is 17.1 Å². The van der Waals surface area contributed by atoms with Gasteiger partial charge in [-0.1, -0.05) is 48.2 Å². The SMILES string of the molecule is CCn1c(SCc2ccccc2F)nnc1C(C)Oc1ccccc1C. The van der Waals surface area contributed by atoms with Crippen molar-refractivity contribution in [2.45, 2.75) is 44.3 Å². The van der Waals surface area contributed by atoms with Crippen molar-refractivity contribution < 1.29 is 9.13 Å². The van der Waals surface area contributed by atoms with E-state index in [0.29, 0.717) is 11.3 Å². The molecule has 136 valence electrons. The van der Waals surface area contributed by atoms with E-state index < -0.39 is 0 Å². The van der Waals surface area contributed by atoms with E-state index in [9.17, 15) is 4.39 Å². The molecule has 1 aromatic heterocycles. The molecule has 3 rings (SSSR count). The van der Waals surface area contributed by atoms with Gasteiger partial charge in [-0.2, -0.15) is 0 Å². The molecule has 0 aliphatic rings. The van der Waals surface area contributed by atoms with Crippen LogP contribution in [0, 0.1) is 12.7 Å². The van der Waals surface area contributed by atoms with Crippen LogP contribution in [0.2, 0.25) is 0 Å². The second-order valence-corrected chi connectivity index (χ2v) is 6.93. The van der Waals surface area contributed by atoms with Crippen molar-refractivity contribution in [3.63, 3.8) is 0 Å². The van der Waals surface area contributed by atoms with Gasteiger partial charge in [-0.3, -0.25) is 0 Å². The van der Waals surface area contributed by atoms with Crippen molar-refractivity contribution >= 4 is 11.8 Å². The van der Waals surface area contributed by atoms with E-state index in [2.05, 4.69) is 10.2 Å². The van der Waals surface area contributed by atoms with E-state index in [4.69, 9.17) is 4.74 Å². The van der Waals surface area contributed by atoms with Crippen LogP contribution in [0.25, 0.3) is 0 Å². The highest BCUT2D eigenvalue weighted by molar-refractivity contribution is 7.98. The van der Waals surface area contributed by atoms with Crippen molar-refractivity contribution in [1.29, 1.82) is 0 Å². The van der Waals surface area contributed by atoms with Crippen LogP contribution in [-0.2, 0) is 12.3 Å². The summed E-state index contributed by atoms with van der Waals surface area (Å²) in [5.41, 5.74) is 1.74. The third kappa shape index (κ3) is 4.07. The van der Waals surface area contributed by atoms with E-state index >= 15 is 0 Å². The minimum Gasteiger partial charge on any atom is -0.482 e. The zero-order chi connectivity index (χ0) is 18.5. The Kier molecular flexibility index (Phi) is 5.93. The Balaban J connectivity index is 1.75. The summed E-state index contributed by atoms with van der Waals surface area (Å²) in [5.74, 6) is 1.93. The number of hydrogen-bond acceptors (Lipinski definition) is 4. The molecule has 0 saturated carbocycles. The number of aromatic nitrogens is 3. The lowest BCUT2D eigenvalue weighted by Crippen LogP contribution is -2.12. The number of benzene rings is 2. The summed E-state index contributed by atoms with van der Waals surface area (Å²) in [6.07, 6.45) is -0.230. The molecule has 0 N–H and O–H groups in total. The van der Waals surface area contributed by atoms with E-state index in [1.807, 2.05) is 55.7 Å². The number of halogens is 1. The van der Waals surface area contributed by atoms with Gasteiger partial charge >= 0.3 is 0 Å². The molecule has 0 spiro atoms. The van der Waals surface area contributed by atoms with Gasteiger partial charge in [-0.05, 0) is 44.0 Å². The highest BCUT2D eigenvalue weighted by atomic mass is 32.2. The lowest BCUT2D eigenvalue weighted by molar-refractivity contribution is 0.208. The highest BCUT2D eigenvalue weighted by Gasteiger charge is 2.19. The number of hydrogen-bond donors (Lipinski definition) is 0. The number of rotatable bonds is 7. The molecule has 2 aromatic carbocycles. The van der Waals surface area contributed by atoms with Crippen molar-refractivity contribution in [3.8, 4) is 5.75 Å². The molecule has 0 amide bonds. The number of para-hydroxylation sites is 1. The predicted molar refractivity (Wildman–Crippen MR) is 102 cm³/mol. The largest absolute Gasteiger partial charge is 0.482 e. The minimum atomic E-state index is -0.230. The van der Waals surface area contributed by atoms with Gasteiger partial charge < -0.3 is 9.30 Å². The summed E-state index contributed by atoms with van der Waals surface area (Å²) < 4.78 is 21.9. The van der Waals surface area contributed by atoms with Gasteiger partial charge in [-0.15, -0.1) is 10.2 Å². The molecule has 1 unspecified atom stereocenters. The summed E-state index contributed by atoms with van der Waals surface area (Å²) in [5, 5.41) is 9.38. The van der Waals surface area contributed by atoms with Gasteiger partial charge in [0.25, 0.3) is 0 Å². The topological polar surface area (TPSA) is 39.9 Å². The van der Waals surface area contributed by atoms with E-state index in [-0.39, 0.29) is 11.9 Å². The molecule has 6 heteroatoms. The number of nitrogens with zero attached hydrogens (tertiary/aromatic N) is 3. The standard InChI is InChI=1S/C20H22FN3OS/c1-4-24-19(15(3)25-18-12-8-5-9-14(18)2)22-23-20(24)26-13-16-10-6-7-11-17(16)21/h5-12,15H,4,13H2,1-3H3. The van der Waals surface area contributed by atoms with Crippen LogP contribution in [0.15, 0.2) is 53.7 Å². The maximum absolute atomic E-state index is 13.8. The Labute approximate surface area is 157 Å². The van der Waals surface area contributed by atoms with Crippen LogP contribution in [0.4, 0.5) is 4.39 Å². The van der Waals surface area contributed by atoms with Crippen LogP contribution in [0.3, 0.4) is 0 Å². The normalized spacial score (nSPS) is 12.2. The summed E-state index contributed by atoms with van der Waals surface area (Å²) in [7, 11) is 0. The van der Waals surface area contributed by atoms with E-state index in [1.54, 1.807) is 12.1 Å². The highest BCUT2D eigenvalue weighted by Crippen LogP contribution is 2.28. The second-order valence-electron chi connectivity index (χ2n) is 5.99. The fourth-order valence-corrected chi connectivity index (χ4v) is 3.69. The third-order valence-electron chi connectivity index (χ3n) is 4.14. The van der Waals surface area contributed by atoms with Crippen molar-refractivity contribution in [2.24, 2.45) is 0 Å². The molecular formula is C20H22FN3OS. The lowest BCUT2D eigenvalue weighted by atomic mass is 10.2. The Hall–Kier alpha value is -2.34. The summed E-state index contributed by atoms with van der Waals surface area (Å²) in [6.45, 7) is 6.75. The molecule has 3 aromatic rings. The molecule has 0 saturated heterocycles. The fraction of sp³-hybridized carbons (Fsp3) is 0.300. The van der Waals surface area contributed by atoms with Crippen LogP contribution in [0.5, 0.6) is 5.75 Å². The Bertz CT molecular complexity index is 881.